The van der Waals surface area contributed by atoms with E-state index in [1.165, 1.54) is 41.2 Å². The number of methoxy groups -OCH3 is 1. The SMILES string of the molecule is COCCN(CC(=O)N1CCc2sccc2C1c1ccccc1C)C(=O)c1ccc([N+](=O)[O-])cc1. The standard InChI is InChI=1S/C26H27N3O5S/c1-18-5-3-4-6-21(18)25-22-12-16-35-23(22)11-13-28(25)24(30)17-27(14-15-34-2)26(31)19-7-9-20(10-8-19)29(32)33/h3-10,12,16,25H,11,13-15,17H2,1-2H3. The van der Waals surface area contributed by atoms with Gasteiger partial charge < -0.3 is 14.5 Å². The molecule has 0 saturated carbocycles. The molecule has 182 valence electrons. The van der Waals surface area contributed by atoms with Crippen LogP contribution in [0.3, 0.4) is 0 Å². The van der Waals surface area contributed by atoms with Gasteiger partial charge in [-0.3, -0.25) is 19.7 Å². The maximum atomic E-state index is 13.7. The van der Waals surface area contributed by atoms with Gasteiger partial charge in [0.1, 0.15) is 6.54 Å². The van der Waals surface area contributed by atoms with Crippen LogP contribution in [0, 0.1) is 17.0 Å². The molecule has 8 nitrogen and oxygen atoms in total. The van der Waals surface area contributed by atoms with Gasteiger partial charge in [-0.2, -0.15) is 0 Å². The monoisotopic (exact) mass is 493 g/mol. The number of nitro benzene ring substituents is 1. The van der Waals surface area contributed by atoms with Crippen molar-refractivity contribution < 1.29 is 19.2 Å². The van der Waals surface area contributed by atoms with Crippen molar-refractivity contribution in [1.82, 2.24) is 9.80 Å². The Morgan fingerprint density at radius 1 is 1.14 bits per heavy atom. The zero-order valence-electron chi connectivity index (χ0n) is 19.7. The van der Waals surface area contributed by atoms with Crippen molar-refractivity contribution in [2.45, 2.75) is 19.4 Å². The number of thiophene rings is 1. The van der Waals surface area contributed by atoms with Gasteiger partial charge in [0.05, 0.1) is 17.6 Å². The van der Waals surface area contributed by atoms with E-state index in [-0.39, 0.29) is 48.8 Å². The van der Waals surface area contributed by atoms with Crippen molar-refractivity contribution >= 4 is 28.8 Å². The molecule has 4 rings (SSSR count). The third kappa shape index (κ3) is 5.26. The predicted molar refractivity (Wildman–Crippen MR) is 134 cm³/mol. The Balaban J connectivity index is 1.60. The van der Waals surface area contributed by atoms with Crippen LogP contribution in [-0.4, -0.2) is 59.9 Å². The summed E-state index contributed by atoms with van der Waals surface area (Å²) < 4.78 is 5.17. The van der Waals surface area contributed by atoms with Crippen LogP contribution >= 0.6 is 11.3 Å². The third-order valence-corrected chi connectivity index (χ3v) is 7.27. The molecule has 9 heteroatoms. The maximum Gasteiger partial charge on any atom is 0.269 e. The van der Waals surface area contributed by atoms with Gasteiger partial charge >= 0.3 is 0 Å². The lowest BCUT2D eigenvalue weighted by Gasteiger charge is -2.38. The van der Waals surface area contributed by atoms with Crippen LogP contribution < -0.4 is 0 Å². The molecule has 2 aromatic carbocycles. The average Bonchev–Trinajstić information content (AvgIpc) is 3.35. The fraction of sp³-hybridized carbons (Fsp3) is 0.308. The molecule has 3 aromatic rings. The number of hydrogen-bond donors (Lipinski definition) is 0. The van der Waals surface area contributed by atoms with Crippen LogP contribution in [0.1, 0.15) is 38.0 Å². The molecule has 35 heavy (non-hydrogen) atoms. The van der Waals surface area contributed by atoms with Crippen LogP contribution in [-0.2, 0) is 16.0 Å². The molecule has 1 aliphatic rings. The van der Waals surface area contributed by atoms with E-state index in [1.807, 2.05) is 30.0 Å². The van der Waals surface area contributed by atoms with E-state index in [2.05, 4.69) is 17.5 Å². The Kier molecular flexibility index (Phi) is 7.57. The summed E-state index contributed by atoms with van der Waals surface area (Å²) in [6.07, 6.45) is 0.773. The number of non-ortho nitro benzene ring substituents is 1. The molecular weight excluding hydrogens is 466 g/mol. The number of amides is 2. The van der Waals surface area contributed by atoms with Crippen molar-refractivity contribution in [2.24, 2.45) is 0 Å². The van der Waals surface area contributed by atoms with Crippen LogP contribution in [0.5, 0.6) is 0 Å². The van der Waals surface area contributed by atoms with Crippen LogP contribution in [0.4, 0.5) is 5.69 Å². The van der Waals surface area contributed by atoms with Gasteiger partial charge in [-0.15, -0.1) is 11.3 Å². The van der Waals surface area contributed by atoms with E-state index >= 15 is 0 Å². The second kappa shape index (κ2) is 10.8. The lowest BCUT2D eigenvalue weighted by Crippen LogP contribution is -2.47. The average molecular weight is 494 g/mol. The Hall–Kier alpha value is -3.56. The molecule has 0 aliphatic carbocycles. The zero-order chi connectivity index (χ0) is 24.9. The summed E-state index contributed by atoms with van der Waals surface area (Å²) >= 11 is 1.71. The molecule has 0 bridgehead atoms. The van der Waals surface area contributed by atoms with Gasteiger partial charge in [0.25, 0.3) is 11.6 Å². The van der Waals surface area contributed by atoms with E-state index in [9.17, 15) is 19.7 Å². The first-order valence-corrected chi connectivity index (χ1v) is 12.2. The topological polar surface area (TPSA) is 93.0 Å². The van der Waals surface area contributed by atoms with E-state index in [0.717, 1.165) is 23.1 Å². The van der Waals surface area contributed by atoms with Gasteiger partial charge in [-0.05, 0) is 53.6 Å². The lowest BCUT2D eigenvalue weighted by molar-refractivity contribution is -0.384. The van der Waals surface area contributed by atoms with Crippen LogP contribution in [0.25, 0.3) is 0 Å². The minimum absolute atomic E-state index is 0.0953. The number of nitrogens with zero attached hydrogens (tertiary/aromatic N) is 3. The van der Waals surface area contributed by atoms with Crippen molar-refractivity contribution in [1.29, 1.82) is 0 Å². The van der Waals surface area contributed by atoms with E-state index in [1.54, 1.807) is 11.3 Å². The van der Waals surface area contributed by atoms with Crippen molar-refractivity contribution in [2.75, 3.05) is 33.4 Å². The molecule has 0 fully saturated rings. The number of fused-ring (bicyclic) bond motifs is 1. The number of carbonyl (C=O) groups is 2. The predicted octanol–water partition coefficient (Wildman–Crippen LogP) is 4.23. The molecule has 1 unspecified atom stereocenters. The summed E-state index contributed by atoms with van der Waals surface area (Å²) in [4.78, 5) is 42.0. The number of hydrogen-bond acceptors (Lipinski definition) is 6. The second-order valence-electron chi connectivity index (χ2n) is 8.42. The number of aryl methyl sites for hydroxylation is 1. The molecule has 1 aromatic heterocycles. The Morgan fingerprint density at radius 2 is 1.89 bits per heavy atom. The highest BCUT2D eigenvalue weighted by Crippen LogP contribution is 2.39. The van der Waals surface area contributed by atoms with E-state index in [4.69, 9.17) is 4.74 Å². The number of ether oxygens (including phenoxy) is 1. The van der Waals surface area contributed by atoms with Gasteiger partial charge in [0, 0.05) is 42.8 Å². The fourth-order valence-corrected chi connectivity index (χ4v) is 5.33. The Morgan fingerprint density at radius 3 is 2.57 bits per heavy atom. The summed E-state index contributed by atoms with van der Waals surface area (Å²) in [5, 5.41) is 13.0. The van der Waals surface area contributed by atoms with E-state index in [0.29, 0.717) is 6.54 Å². The summed E-state index contributed by atoms with van der Waals surface area (Å²) in [7, 11) is 1.54. The van der Waals surface area contributed by atoms with Crippen molar-refractivity contribution in [3.63, 3.8) is 0 Å². The molecule has 0 radical (unpaired) electrons. The molecular formula is C26H27N3O5S. The van der Waals surface area contributed by atoms with Gasteiger partial charge in [0.15, 0.2) is 0 Å². The number of nitro groups is 1. The smallest absolute Gasteiger partial charge is 0.269 e. The Labute approximate surface area is 207 Å². The number of carbonyl (C=O) groups excluding carboxylic acids is 2. The summed E-state index contributed by atoms with van der Waals surface area (Å²) in [6, 6.07) is 15.4. The normalized spacial score (nSPS) is 14.9. The molecule has 0 N–H and O–H groups in total. The fourth-order valence-electron chi connectivity index (χ4n) is 4.43. The Bertz CT molecular complexity index is 1220. The minimum Gasteiger partial charge on any atom is -0.383 e. The first-order valence-electron chi connectivity index (χ1n) is 11.3. The molecule has 2 heterocycles. The van der Waals surface area contributed by atoms with E-state index < -0.39 is 4.92 Å². The van der Waals surface area contributed by atoms with Crippen molar-refractivity contribution in [3.05, 3.63) is 97.2 Å². The largest absolute Gasteiger partial charge is 0.383 e. The van der Waals surface area contributed by atoms with Gasteiger partial charge in [-0.25, -0.2) is 0 Å². The highest BCUT2D eigenvalue weighted by atomic mass is 32.1. The first kappa shape index (κ1) is 24.6. The highest BCUT2D eigenvalue weighted by molar-refractivity contribution is 7.10. The molecule has 2 amide bonds. The molecule has 1 aliphatic heterocycles. The first-order chi connectivity index (χ1) is 16.9. The number of benzene rings is 2. The molecule has 0 spiro atoms. The molecule has 1 atom stereocenters. The maximum absolute atomic E-state index is 13.7. The summed E-state index contributed by atoms with van der Waals surface area (Å²) in [6.45, 7) is 2.99. The van der Waals surface area contributed by atoms with Gasteiger partial charge in [-0.1, -0.05) is 24.3 Å². The summed E-state index contributed by atoms with van der Waals surface area (Å²) in [5.74, 6) is -0.521. The zero-order valence-corrected chi connectivity index (χ0v) is 20.5. The van der Waals surface area contributed by atoms with Gasteiger partial charge in [0.2, 0.25) is 5.91 Å². The molecule has 0 saturated heterocycles. The minimum atomic E-state index is -0.513. The quantitative estimate of drug-likeness (QED) is 0.346. The summed E-state index contributed by atoms with van der Waals surface area (Å²) in [5.41, 5.74) is 3.50. The van der Waals surface area contributed by atoms with Crippen LogP contribution in [0.2, 0.25) is 0 Å². The lowest BCUT2D eigenvalue weighted by atomic mass is 9.90. The van der Waals surface area contributed by atoms with Crippen LogP contribution in [0.15, 0.2) is 60.0 Å². The highest BCUT2D eigenvalue weighted by Gasteiger charge is 2.34. The second-order valence-corrected chi connectivity index (χ2v) is 9.42. The number of rotatable bonds is 8. The van der Waals surface area contributed by atoms with Crippen molar-refractivity contribution in [3.8, 4) is 0 Å². The third-order valence-electron chi connectivity index (χ3n) is 6.27.